The molecule has 0 saturated carbocycles. The van der Waals surface area contributed by atoms with Gasteiger partial charge in [0.25, 0.3) is 5.91 Å². The Morgan fingerprint density at radius 2 is 2.00 bits per heavy atom. The molecule has 0 aromatic heterocycles. The number of anilines is 1. The lowest BCUT2D eigenvalue weighted by atomic mass is 9.88. The van der Waals surface area contributed by atoms with Crippen LogP contribution in [0.5, 0.6) is 5.75 Å². The van der Waals surface area contributed by atoms with E-state index in [0.717, 1.165) is 28.9 Å². The predicted molar refractivity (Wildman–Crippen MR) is 125 cm³/mol. The average molecular weight is 426 g/mol. The smallest absolute Gasteiger partial charge is 0.275 e. The first-order chi connectivity index (χ1) is 14.2. The van der Waals surface area contributed by atoms with Gasteiger partial charge in [-0.1, -0.05) is 23.7 Å². The van der Waals surface area contributed by atoms with Crippen LogP contribution >= 0.6 is 11.6 Å². The molecule has 158 valence electrons. The number of hydrazone groups is 1. The minimum atomic E-state index is -0.341. The Kier molecular flexibility index (Phi) is 6.22. The zero-order valence-electron chi connectivity index (χ0n) is 18.3. The van der Waals surface area contributed by atoms with E-state index in [1.54, 1.807) is 19.4 Å². The summed E-state index contributed by atoms with van der Waals surface area (Å²) >= 11 is 6.55. The van der Waals surface area contributed by atoms with Crippen molar-refractivity contribution in [2.24, 2.45) is 5.10 Å². The van der Waals surface area contributed by atoms with Gasteiger partial charge in [0.05, 0.1) is 29.4 Å². The maximum Gasteiger partial charge on any atom is 0.275 e. The summed E-state index contributed by atoms with van der Waals surface area (Å²) < 4.78 is 5.30. The molecule has 2 aromatic carbocycles. The van der Waals surface area contributed by atoms with Crippen LogP contribution in [0.4, 0.5) is 5.69 Å². The lowest BCUT2D eigenvalue weighted by molar-refractivity contribution is 0.0952. The van der Waals surface area contributed by atoms with Crippen LogP contribution in [0.25, 0.3) is 5.57 Å². The molecule has 0 fully saturated rings. The second-order valence-corrected chi connectivity index (χ2v) is 8.43. The number of allylic oxidation sites excluding steroid dienone is 1. The van der Waals surface area contributed by atoms with Crippen molar-refractivity contribution in [3.63, 3.8) is 0 Å². The third-order valence-electron chi connectivity index (χ3n) is 5.38. The van der Waals surface area contributed by atoms with Gasteiger partial charge in [-0.2, -0.15) is 5.10 Å². The number of carbonyl (C=O) groups excluding carboxylic acids is 1. The second kappa shape index (κ2) is 8.52. The van der Waals surface area contributed by atoms with Crippen molar-refractivity contribution in [1.29, 1.82) is 0 Å². The lowest BCUT2D eigenvalue weighted by Crippen LogP contribution is -2.44. The van der Waals surface area contributed by atoms with Crippen molar-refractivity contribution in [3.05, 3.63) is 63.7 Å². The van der Waals surface area contributed by atoms with E-state index in [-0.39, 0.29) is 11.4 Å². The largest absolute Gasteiger partial charge is 0.496 e. The maximum absolute atomic E-state index is 12.5. The number of benzene rings is 2. The summed E-state index contributed by atoms with van der Waals surface area (Å²) in [6.45, 7) is 11.5. The summed E-state index contributed by atoms with van der Waals surface area (Å²) in [7, 11) is 1.54. The number of carbonyl (C=O) groups is 1. The van der Waals surface area contributed by atoms with E-state index in [0.29, 0.717) is 16.3 Å². The van der Waals surface area contributed by atoms with Gasteiger partial charge in [0.2, 0.25) is 0 Å². The van der Waals surface area contributed by atoms with Gasteiger partial charge in [-0.05, 0) is 70.0 Å². The van der Waals surface area contributed by atoms with Crippen LogP contribution in [0.2, 0.25) is 5.02 Å². The van der Waals surface area contributed by atoms with Crippen LogP contribution in [0.3, 0.4) is 0 Å². The van der Waals surface area contributed by atoms with Crippen LogP contribution in [-0.2, 0) is 0 Å². The number of likely N-dealkylation sites (N-methyl/N-ethyl adjacent to an activating group) is 1. The molecule has 0 spiro atoms. The Hall–Kier alpha value is -2.79. The summed E-state index contributed by atoms with van der Waals surface area (Å²) in [5.41, 5.74) is 8.09. The number of nitrogens with one attached hydrogen (secondary N) is 1. The fraction of sp³-hybridized carbons (Fsp3) is 0.333. The third-order valence-corrected chi connectivity index (χ3v) is 5.71. The zero-order chi connectivity index (χ0) is 22.1. The van der Waals surface area contributed by atoms with Crippen LogP contribution in [0, 0.1) is 6.92 Å². The molecule has 0 atom stereocenters. The number of amides is 1. The van der Waals surface area contributed by atoms with Gasteiger partial charge < -0.3 is 9.64 Å². The Morgan fingerprint density at radius 3 is 2.67 bits per heavy atom. The highest BCUT2D eigenvalue weighted by Crippen LogP contribution is 2.40. The van der Waals surface area contributed by atoms with Gasteiger partial charge in [0.1, 0.15) is 5.75 Å². The SMILES string of the molecule is CCN1c2cc(Cl)c(/C=N\NC(=O)c3ccc(C)cc3OC)cc2C(C)=CC1(C)C. The zero-order valence-corrected chi connectivity index (χ0v) is 19.1. The van der Waals surface area contributed by atoms with E-state index in [1.807, 2.05) is 31.2 Å². The average Bonchev–Trinajstić information content (AvgIpc) is 2.68. The minimum absolute atomic E-state index is 0.0775. The summed E-state index contributed by atoms with van der Waals surface area (Å²) in [5, 5.41) is 4.71. The van der Waals surface area contributed by atoms with Crippen molar-refractivity contribution >= 4 is 35.0 Å². The maximum atomic E-state index is 12.5. The Balaban J connectivity index is 1.86. The molecule has 0 saturated heterocycles. The van der Waals surface area contributed by atoms with Gasteiger partial charge in [0, 0.05) is 23.4 Å². The van der Waals surface area contributed by atoms with E-state index in [2.05, 4.69) is 49.2 Å². The van der Waals surface area contributed by atoms with Crippen LogP contribution < -0.4 is 15.1 Å². The van der Waals surface area contributed by atoms with Gasteiger partial charge >= 0.3 is 0 Å². The predicted octanol–water partition coefficient (Wildman–Crippen LogP) is 5.44. The number of methoxy groups -OCH3 is 1. The first-order valence-electron chi connectivity index (χ1n) is 9.97. The fourth-order valence-corrected chi connectivity index (χ4v) is 4.20. The molecule has 1 N–H and O–H groups in total. The monoisotopic (exact) mass is 425 g/mol. The first kappa shape index (κ1) is 21.9. The van der Waals surface area contributed by atoms with Gasteiger partial charge in [-0.3, -0.25) is 4.79 Å². The Labute approximate surface area is 183 Å². The highest BCUT2D eigenvalue weighted by atomic mass is 35.5. The van der Waals surface area contributed by atoms with Gasteiger partial charge in [-0.15, -0.1) is 0 Å². The van der Waals surface area contributed by atoms with Crippen molar-refractivity contribution in [1.82, 2.24) is 5.43 Å². The van der Waals surface area contributed by atoms with Crippen LogP contribution in [0.1, 0.15) is 54.7 Å². The summed E-state index contributed by atoms with van der Waals surface area (Å²) in [6.07, 6.45) is 3.84. The number of rotatable bonds is 5. The highest BCUT2D eigenvalue weighted by molar-refractivity contribution is 6.33. The molecule has 0 unspecified atom stereocenters. The quantitative estimate of drug-likeness (QED) is 0.512. The molecule has 0 bridgehead atoms. The van der Waals surface area contributed by atoms with Gasteiger partial charge in [-0.25, -0.2) is 5.43 Å². The Morgan fingerprint density at radius 1 is 1.27 bits per heavy atom. The Bertz CT molecular complexity index is 1040. The topological polar surface area (TPSA) is 53.9 Å². The van der Waals surface area contributed by atoms with Crippen molar-refractivity contribution in [3.8, 4) is 5.75 Å². The lowest BCUT2D eigenvalue weighted by Gasteiger charge is -2.43. The number of aryl methyl sites for hydroxylation is 1. The number of ether oxygens (including phenoxy) is 1. The van der Waals surface area contributed by atoms with E-state index in [1.165, 1.54) is 5.57 Å². The number of fused-ring (bicyclic) bond motifs is 1. The number of hydrogen-bond acceptors (Lipinski definition) is 4. The fourth-order valence-electron chi connectivity index (χ4n) is 4.00. The highest BCUT2D eigenvalue weighted by Gasteiger charge is 2.30. The third kappa shape index (κ3) is 4.21. The number of halogens is 1. The van der Waals surface area contributed by atoms with Gasteiger partial charge in [0.15, 0.2) is 0 Å². The van der Waals surface area contributed by atoms with E-state index in [4.69, 9.17) is 16.3 Å². The molecule has 1 aliphatic rings. The molecule has 6 heteroatoms. The first-order valence-corrected chi connectivity index (χ1v) is 10.3. The molecule has 3 rings (SSSR count). The van der Waals surface area contributed by atoms with E-state index in [9.17, 15) is 4.79 Å². The molecule has 1 heterocycles. The molecule has 1 aliphatic heterocycles. The molecule has 1 amide bonds. The summed E-state index contributed by atoms with van der Waals surface area (Å²) in [5.74, 6) is 0.171. The van der Waals surface area contributed by atoms with Crippen molar-refractivity contribution in [2.75, 3.05) is 18.6 Å². The summed E-state index contributed by atoms with van der Waals surface area (Å²) in [6, 6.07) is 9.39. The van der Waals surface area contributed by atoms with Crippen molar-refractivity contribution in [2.45, 2.75) is 40.2 Å². The number of nitrogens with zero attached hydrogens (tertiary/aromatic N) is 2. The van der Waals surface area contributed by atoms with Crippen molar-refractivity contribution < 1.29 is 9.53 Å². The van der Waals surface area contributed by atoms with E-state index >= 15 is 0 Å². The molecular weight excluding hydrogens is 398 g/mol. The van der Waals surface area contributed by atoms with E-state index < -0.39 is 0 Å². The molecule has 5 nitrogen and oxygen atoms in total. The molecule has 2 aromatic rings. The molecular formula is C24H28ClN3O2. The van der Waals surface area contributed by atoms with Crippen LogP contribution in [0.15, 0.2) is 41.5 Å². The molecule has 0 aliphatic carbocycles. The molecule has 0 radical (unpaired) electrons. The minimum Gasteiger partial charge on any atom is -0.496 e. The normalized spacial score (nSPS) is 15.0. The standard InChI is InChI=1S/C24H28ClN3O2/c1-7-28-21-12-20(25)17(11-19(21)16(3)13-24(28,4)5)14-26-27-23(29)18-9-8-15(2)10-22(18)30-6/h8-14H,7H2,1-6H3,(H,27,29)/b26-14-. The molecule has 30 heavy (non-hydrogen) atoms. The second-order valence-electron chi connectivity index (χ2n) is 8.02. The van der Waals surface area contributed by atoms with Crippen LogP contribution in [-0.4, -0.2) is 31.3 Å². The number of hydrogen-bond donors (Lipinski definition) is 1. The summed E-state index contributed by atoms with van der Waals surface area (Å²) in [4.78, 5) is 14.8.